The minimum atomic E-state index is -0.414. The Morgan fingerprint density at radius 3 is 2.95 bits per heavy atom. The van der Waals surface area contributed by atoms with E-state index in [0.29, 0.717) is 17.4 Å². The smallest absolute Gasteiger partial charge is 0.169 e. The molecular weight excluding hydrogens is 301 g/mol. The highest BCUT2D eigenvalue weighted by molar-refractivity contribution is 7.16. The lowest BCUT2D eigenvalue weighted by Crippen LogP contribution is -2.04. The number of ether oxygens (including phenoxy) is 1. The molecule has 0 amide bonds. The molecule has 0 aliphatic carbocycles. The summed E-state index contributed by atoms with van der Waals surface area (Å²) in [5.41, 5.74) is 5.84. The van der Waals surface area contributed by atoms with Crippen LogP contribution in [0.2, 0.25) is 5.02 Å². The van der Waals surface area contributed by atoms with E-state index in [1.54, 1.807) is 0 Å². The molecule has 0 radical (unpaired) electrons. The fourth-order valence-electron chi connectivity index (χ4n) is 1.72. The van der Waals surface area contributed by atoms with Crippen molar-refractivity contribution in [3.63, 3.8) is 0 Å². The third kappa shape index (κ3) is 2.52. The summed E-state index contributed by atoms with van der Waals surface area (Å²) in [6.07, 6.45) is 0. The quantitative estimate of drug-likeness (QED) is 0.802. The Balaban J connectivity index is 1.82. The summed E-state index contributed by atoms with van der Waals surface area (Å²) in [7, 11) is 0. The molecule has 0 unspecified atom stereocenters. The van der Waals surface area contributed by atoms with Gasteiger partial charge in [0.05, 0.1) is 10.4 Å². The molecule has 1 aromatic carbocycles. The van der Waals surface area contributed by atoms with E-state index in [2.05, 4.69) is 9.97 Å². The molecule has 0 fully saturated rings. The molecule has 0 aliphatic heterocycles. The summed E-state index contributed by atoms with van der Waals surface area (Å²) >= 11 is 7.36. The van der Waals surface area contributed by atoms with E-state index in [4.69, 9.17) is 22.1 Å². The molecule has 0 aliphatic rings. The van der Waals surface area contributed by atoms with Gasteiger partial charge in [0.25, 0.3) is 0 Å². The minimum Gasteiger partial charge on any atom is -0.484 e. The normalized spacial score (nSPS) is 10.9. The van der Waals surface area contributed by atoms with Crippen molar-refractivity contribution in [2.24, 2.45) is 0 Å². The monoisotopic (exact) mass is 309 g/mol. The number of halogens is 2. The molecule has 0 saturated heterocycles. The number of benzene rings is 1. The van der Waals surface area contributed by atoms with Crippen molar-refractivity contribution in [3.8, 4) is 5.75 Å². The van der Waals surface area contributed by atoms with Crippen molar-refractivity contribution in [1.29, 1.82) is 0 Å². The number of hydrogen-bond acceptors (Lipinski definition) is 5. The molecule has 2 aromatic heterocycles. The van der Waals surface area contributed by atoms with Crippen molar-refractivity contribution in [3.05, 3.63) is 46.3 Å². The highest BCUT2D eigenvalue weighted by Gasteiger charge is 2.08. The highest BCUT2D eigenvalue weighted by atomic mass is 35.5. The average Bonchev–Trinajstić information content (AvgIpc) is 2.86. The maximum Gasteiger partial charge on any atom is 0.169 e. The van der Waals surface area contributed by atoms with Crippen LogP contribution in [0.15, 0.2) is 29.6 Å². The first-order valence-corrected chi connectivity index (χ1v) is 6.96. The van der Waals surface area contributed by atoms with Gasteiger partial charge in [0.1, 0.15) is 28.8 Å². The Morgan fingerprint density at radius 1 is 1.30 bits per heavy atom. The van der Waals surface area contributed by atoms with Gasteiger partial charge in [0.2, 0.25) is 0 Å². The standard InChI is InChI=1S/C13H9ClFN3OS/c14-9-5-7(15)1-2-10(9)19-6-11-17-12(16)8-3-4-20-13(8)18-11/h1-5H,6H2,(H2,16,17,18). The first kappa shape index (κ1) is 13.1. The second kappa shape index (κ2) is 5.22. The molecular formula is C13H9ClFN3OS. The summed E-state index contributed by atoms with van der Waals surface area (Å²) in [6.45, 7) is 0.114. The Bertz CT molecular complexity index is 777. The number of nitrogen functional groups attached to an aromatic ring is 1. The molecule has 0 atom stereocenters. The number of nitrogens with zero attached hydrogens (tertiary/aromatic N) is 2. The number of fused-ring (bicyclic) bond motifs is 1. The van der Waals surface area contributed by atoms with Gasteiger partial charge >= 0.3 is 0 Å². The highest BCUT2D eigenvalue weighted by Crippen LogP contribution is 2.26. The van der Waals surface area contributed by atoms with Crippen LogP contribution in [-0.4, -0.2) is 9.97 Å². The number of aromatic nitrogens is 2. The fourth-order valence-corrected chi connectivity index (χ4v) is 2.74. The number of thiophene rings is 1. The lowest BCUT2D eigenvalue weighted by atomic mass is 10.3. The van der Waals surface area contributed by atoms with Gasteiger partial charge in [-0.15, -0.1) is 11.3 Å². The molecule has 7 heteroatoms. The Hall–Kier alpha value is -1.92. The Labute approximate surface area is 123 Å². The van der Waals surface area contributed by atoms with Crippen LogP contribution >= 0.6 is 22.9 Å². The summed E-state index contributed by atoms with van der Waals surface area (Å²) in [4.78, 5) is 9.32. The van der Waals surface area contributed by atoms with Crippen LogP contribution in [-0.2, 0) is 6.61 Å². The van der Waals surface area contributed by atoms with E-state index in [9.17, 15) is 4.39 Å². The van der Waals surface area contributed by atoms with E-state index < -0.39 is 5.82 Å². The van der Waals surface area contributed by atoms with E-state index in [-0.39, 0.29) is 11.6 Å². The van der Waals surface area contributed by atoms with Gasteiger partial charge in [-0.3, -0.25) is 0 Å². The lowest BCUT2D eigenvalue weighted by molar-refractivity contribution is 0.296. The third-order valence-corrected chi connectivity index (χ3v) is 3.75. The molecule has 0 spiro atoms. The number of anilines is 1. The number of hydrogen-bond donors (Lipinski definition) is 1. The van der Waals surface area contributed by atoms with Crippen molar-refractivity contribution in [1.82, 2.24) is 9.97 Å². The van der Waals surface area contributed by atoms with Gasteiger partial charge in [0, 0.05) is 0 Å². The lowest BCUT2D eigenvalue weighted by Gasteiger charge is -2.07. The minimum absolute atomic E-state index is 0.114. The molecule has 0 bridgehead atoms. The van der Waals surface area contributed by atoms with Crippen molar-refractivity contribution in [2.75, 3.05) is 5.73 Å². The Morgan fingerprint density at radius 2 is 2.15 bits per heavy atom. The molecule has 4 nitrogen and oxygen atoms in total. The van der Waals surface area contributed by atoms with Crippen LogP contribution in [0.1, 0.15) is 5.82 Å². The predicted molar refractivity (Wildman–Crippen MR) is 77.6 cm³/mol. The zero-order valence-electron chi connectivity index (χ0n) is 10.1. The Kier molecular flexibility index (Phi) is 3.42. The maximum absolute atomic E-state index is 12.9. The molecule has 102 valence electrons. The van der Waals surface area contributed by atoms with Gasteiger partial charge in [-0.1, -0.05) is 11.6 Å². The summed E-state index contributed by atoms with van der Waals surface area (Å²) in [6, 6.07) is 5.80. The van der Waals surface area contributed by atoms with Crippen molar-refractivity contribution < 1.29 is 9.13 Å². The third-order valence-electron chi connectivity index (χ3n) is 2.65. The topological polar surface area (TPSA) is 61.0 Å². The SMILES string of the molecule is Nc1nc(COc2ccc(F)cc2Cl)nc2sccc12. The molecule has 2 N–H and O–H groups in total. The molecule has 20 heavy (non-hydrogen) atoms. The summed E-state index contributed by atoms with van der Waals surface area (Å²) in [5, 5.41) is 2.94. The van der Waals surface area contributed by atoms with Gasteiger partial charge < -0.3 is 10.5 Å². The van der Waals surface area contributed by atoms with Crippen LogP contribution in [0.4, 0.5) is 10.2 Å². The van der Waals surface area contributed by atoms with E-state index in [0.717, 1.165) is 10.2 Å². The maximum atomic E-state index is 12.9. The van der Waals surface area contributed by atoms with Crippen LogP contribution in [0.25, 0.3) is 10.2 Å². The van der Waals surface area contributed by atoms with Crippen LogP contribution in [0, 0.1) is 5.82 Å². The molecule has 3 aromatic rings. The van der Waals surface area contributed by atoms with Gasteiger partial charge in [-0.25, -0.2) is 14.4 Å². The average molecular weight is 310 g/mol. The van der Waals surface area contributed by atoms with Gasteiger partial charge in [-0.2, -0.15) is 0 Å². The predicted octanol–water partition coefficient (Wildman–Crippen LogP) is 3.65. The van der Waals surface area contributed by atoms with Gasteiger partial charge in [-0.05, 0) is 29.6 Å². The van der Waals surface area contributed by atoms with Crippen molar-refractivity contribution >= 4 is 39.0 Å². The number of rotatable bonds is 3. The number of nitrogens with two attached hydrogens (primary N) is 1. The van der Waals surface area contributed by atoms with Crippen LogP contribution < -0.4 is 10.5 Å². The second-order valence-corrected chi connectivity index (χ2v) is 5.33. The first-order chi connectivity index (χ1) is 9.63. The van der Waals surface area contributed by atoms with Crippen LogP contribution in [0.5, 0.6) is 5.75 Å². The van der Waals surface area contributed by atoms with Crippen molar-refractivity contribution in [2.45, 2.75) is 6.61 Å². The fraction of sp³-hybridized carbons (Fsp3) is 0.0769. The van der Waals surface area contributed by atoms with Gasteiger partial charge in [0.15, 0.2) is 5.82 Å². The van der Waals surface area contributed by atoms with E-state index in [1.807, 2.05) is 11.4 Å². The largest absolute Gasteiger partial charge is 0.484 e. The summed E-state index contributed by atoms with van der Waals surface area (Å²) in [5.74, 6) is 0.835. The first-order valence-electron chi connectivity index (χ1n) is 5.71. The van der Waals surface area contributed by atoms with E-state index >= 15 is 0 Å². The second-order valence-electron chi connectivity index (χ2n) is 4.03. The molecule has 2 heterocycles. The zero-order chi connectivity index (χ0) is 14.1. The van der Waals surface area contributed by atoms with Crippen LogP contribution in [0.3, 0.4) is 0 Å². The molecule has 3 rings (SSSR count). The zero-order valence-corrected chi connectivity index (χ0v) is 11.7. The molecule has 0 saturated carbocycles. The summed E-state index contributed by atoms with van der Waals surface area (Å²) < 4.78 is 18.4. The van der Waals surface area contributed by atoms with E-state index in [1.165, 1.54) is 29.5 Å².